The standard InChI is InChI=1S/C13H11N2O2S.C7H8O3S/c1-15-11-8(4-3-5-9(11)7-16)6-10-12(15)14-13(17-10)18-2;1-6-2-4-7(5-3-6)11(8,9)10/h3-7H,1-2H3;2-5H,1H3,(H,8,9,10)/q+1;/p-1. The number of nitrogens with zero attached hydrogens (tertiary/aromatic N) is 2. The first-order valence-corrected chi connectivity index (χ1v) is 11.1. The zero-order valence-corrected chi connectivity index (χ0v) is 17.6. The Hall–Kier alpha value is -2.75. The Labute approximate surface area is 172 Å². The van der Waals surface area contributed by atoms with Crippen LogP contribution in [0.25, 0.3) is 22.1 Å². The van der Waals surface area contributed by atoms with Crippen molar-refractivity contribution < 1.29 is 26.7 Å². The Bertz CT molecular complexity index is 1300. The van der Waals surface area contributed by atoms with Gasteiger partial charge in [0.15, 0.2) is 6.29 Å². The molecule has 0 spiro atoms. The number of carbonyl (C=O) groups is 1. The lowest BCUT2D eigenvalue weighted by Gasteiger charge is -2.05. The molecule has 2 aromatic carbocycles. The molecule has 0 atom stereocenters. The molecule has 0 fully saturated rings. The van der Waals surface area contributed by atoms with Crippen molar-refractivity contribution in [2.45, 2.75) is 17.0 Å². The van der Waals surface area contributed by atoms with E-state index in [9.17, 15) is 17.8 Å². The second kappa shape index (κ2) is 8.32. The number of carbonyl (C=O) groups excluding carboxylic acids is 1. The number of aldehydes is 1. The molecule has 4 rings (SSSR count). The summed E-state index contributed by atoms with van der Waals surface area (Å²) in [5.74, 6) is 0. The lowest BCUT2D eigenvalue weighted by molar-refractivity contribution is -0.619. The zero-order chi connectivity index (χ0) is 21.2. The molecule has 0 unspecified atom stereocenters. The normalized spacial score (nSPS) is 11.3. The summed E-state index contributed by atoms with van der Waals surface area (Å²) in [5.41, 5.74) is 3.95. The molecule has 29 heavy (non-hydrogen) atoms. The highest BCUT2D eigenvalue weighted by Gasteiger charge is 2.20. The highest BCUT2D eigenvalue weighted by molar-refractivity contribution is 7.98. The summed E-state index contributed by atoms with van der Waals surface area (Å²) in [6.45, 7) is 1.82. The summed E-state index contributed by atoms with van der Waals surface area (Å²) in [7, 11) is -2.38. The van der Waals surface area contributed by atoms with E-state index in [2.05, 4.69) is 4.98 Å². The SMILES string of the molecule is CSc1nc2c(cc3cccc(C=O)c3[n+]2C)o1.Cc1ccc(S(=O)(=O)[O-])cc1. The predicted octanol–water partition coefficient (Wildman–Crippen LogP) is 3.24. The van der Waals surface area contributed by atoms with Gasteiger partial charge in [0.05, 0.1) is 17.5 Å². The molecule has 9 heteroatoms. The van der Waals surface area contributed by atoms with Gasteiger partial charge in [0.1, 0.15) is 15.6 Å². The fourth-order valence-electron chi connectivity index (χ4n) is 2.86. The number of pyridine rings is 1. The first-order chi connectivity index (χ1) is 13.7. The second-order valence-electron chi connectivity index (χ2n) is 6.25. The van der Waals surface area contributed by atoms with Crippen LogP contribution in [-0.4, -0.2) is 30.5 Å². The second-order valence-corrected chi connectivity index (χ2v) is 8.38. The van der Waals surface area contributed by atoms with Gasteiger partial charge in [-0.15, -0.1) is 0 Å². The molecule has 0 saturated heterocycles. The van der Waals surface area contributed by atoms with Crippen molar-refractivity contribution in [3.8, 4) is 0 Å². The summed E-state index contributed by atoms with van der Waals surface area (Å²) in [6.07, 6.45) is 2.78. The molecule has 0 saturated carbocycles. The third-order valence-corrected chi connectivity index (χ3v) is 5.64. The number of hydrogen-bond acceptors (Lipinski definition) is 7. The van der Waals surface area contributed by atoms with Crippen molar-refractivity contribution in [3.63, 3.8) is 0 Å². The Kier molecular flexibility index (Phi) is 6.02. The van der Waals surface area contributed by atoms with Crippen LogP contribution in [-0.2, 0) is 17.2 Å². The third kappa shape index (κ3) is 4.47. The molecule has 0 aliphatic carbocycles. The van der Waals surface area contributed by atoms with Crippen LogP contribution in [0.5, 0.6) is 0 Å². The van der Waals surface area contributed by atoms with Crippen LogP contribution >= 0.6 is 11.8 Å². The average molecular weight is 431 g/mol. The predicted molar refractivity (Wildman–Crippen MR) is 109 cm³/mol. The summed E-state index contributed by atoms with van der Waals surface area (Å²) in [4.78, 5) is 15.3. The average Bonchev–Trinajstić information content (AvgIpc) is 3.11. The Balaban J connectivity index is 0.000000188. The largest absolute Gasteiger partial charge is 0.744 e. The van der Waals surface area contributed by atoms with Gasteiger partial charge in [0, 0.05) is 16.4 Å². The minimum absolute atomic E-state index is 0.178. The van der Waals surface area contributed by atoms with Crippen LogP contribution in [0.2, 0.25) is 0 Å². The minimum atomic E-state index is -4.27. The number of oxazole rings is 1. The molecular formula is C20H18N2O5S2. The number of rotatable bonds is 3. The lowest BCUT2D eigenvalue weighted by Crippen LogP contribution is -2.31. The fourth-order valence-corrected chi connectivity index (χ4v) is 3.68. The topological polar surface area (TPSA) is 104 Å². The molecule has 0 aliphatic heterocycles. The first-order valence-electron chi connectivity index (χ1n) is 8.48. The van der Waals surface area contributed by atoms with Gasteiger partial charge in [-0.2, -0.15) is 0 Å². The van der Waals surface area contributed by atoms with Crippen molar-refractivity contribution in [3.05, 3.63) is 59.7 Å². The molecule has 4 aromatic rings. The number of para-hydroxylation sites is 1. The number of aromatic nitrogens is 2. The van der Waals surface area contributed by atoms with Crippen LogP contribution in [0.1, 0.15) is 15.9 Å². The van der Waals surface area contributed by atoms with E-state index in [0.717, 1.165) is 34.0 Å². The van der Waals surface area contributed by atoms with E-state index in [1.54, 1.807) is 18.2 Å². The molecule has 7 nitrogen and oxygen atoms in total. The van der Waals surface area contributed by atoms with Crippen LogP contribution in [0, 0.1) is 6.92 Å². The fraction of sp³-hybridized carbons (Fsp3) is 0.150. The number of thioether (sulfide) groups is 1. The van der Waals surface area contributed by atoms with Crippen LogP contribution in [0.3, 0.4) is 0 Å². The van der Waals surface area contributed by atoms with Gasteiger partial charge in [0.25, 0.3) is 0 Å². The molecule has 0 N–H and O–H groups in total. The Morgan fingerprint density at radius 3 is 2.45 bits per heavy atom. The van der Waals surface area contributed by atoms with Gasteiger partial charge in [-0.05, 0) is 43.1 Å². The molecule has 2 aromatic heterocycles. The van der Waals surface area contributed by atoms with Gasteiger partial charge in [-0.25, -0.2) is 13.0 Å². The molecule has 2 heterocycles. The van der Waals surface area contributed by atoms with Crippen molar-refractivity contribution >= 4 is 50.3 Å². The number of aryl methyl sites for hydroxylation is 2. The molecule has 0 bridgehead atoms. The maximum atomic E-state index is 11.1. The van der Waals surface area contributed by atoms with E-state index in [1.807, 2.05) is 43.0 Å². The number of benzene rings is 2. The van der Waals surface area contributed by atoms with E-state index in [0.29, 0.717) is 10.8 Å². The van der Waals surface area contributed by atoms with Gasteiger partial charge in [-0.1, -0.05) is 29.8 Å². The van der Waals surface area contributed by atoms with Crippen molar-refractivity contribution in [1.29, 1.82) is 0 Å². The van der Waals surface area contributed by atoms with Gasteiger partial charge in [-0.3, -0.25) is 4.79 Å². The van der Waals surface area contributed by atoms with E-state index >= 15 is 0 Å². The molecule has 150 valence electrons. The molecule has 0 radical (unpaired) electrons. The summed E-state index contributed by atoms with van der Waals surface area (Å²) in [5, 5.41) is 1.60. The first kappa shape index (κ1) is 21.0. The monoisotopic (exact) mass is 430 g/mol. The van der Waals surface area contributed by atoms with E-state index in [-0.39, 0.29) is 4.90 Å². The third-order valence-electron chi connectivity index (χ3n) is 4.26. The van der Waals surface area contributed by atoms with Crippen molar-refractivity contribution in [2.75, 3.05) is 6.26 Å². The van der Waals surface area contributed by atoms with Crippen LogP contribution in [0.15, 0.2) is 63.1 Å². The molecular weight excluding hydrogens is 412 g/mol. The van der Waals surface area contributed by atoms with Crippen molar-refractivity contribution in [2.24, 2.45) is 7.05 Å². The minimum Gasteiger partial charge on any atom is -0.744 e. The zero-order valence-electron chi connectivity index (χ0n) is 15.9. The lowest BCUT2D eigenvalue weighted by atomic mass is 10.1. The number of hydrogen-bond donors (Lipinski definition) is 0. The smallest absolute Gasteiger partial charge is 0.371 e. The highest BCUT2D eigenvalue weighted by atomic mass is 32.2. The van der Waals surface area contributed by atoms with E-state index < -0.39 is 10.1 Å². The Morgan fingerprint density at radius 1 is 1.17 bits per heavy atom. The molecule has 0 aliphatic rings. The van der Waals surface area contributed by atoms with E-state index in [4.69, 9.17) is 4.42 Å². The highest BCUT2D eigenvalue weighted by Crippen LogP contribution is 2.23. The maximum absolute atomic E-state index is 11.1. The summed E-state index contributed by atoms with van der Waals surface area (Å²) in [6, 6.07) is 13.3. The number of fused-ring (bicyclic) bond motifs is 2. The summed E-state index contributed by atoms with van der Waals surface area (Å²) < 4.78 is 38.7. The maximum Gasteiger partial charge on any atom is 0.371 e. The molecule has 0 amide bonds. The van der Waals surface area contributed by atoms with Gasteiger partial charge >= 0.3 is 10.9 Å². The van der Waals surface area contributed by atoms with Crippen molar-refractivity contribution in [1.82, 2.24) is 4.98 Å². The van der Waals surface area contributed by atoms with E-state index in [1.165, 1.54) is 23.9 Å². The summed E-state index contributed by atoms with van der Waals surface area (Å²) >= 11 is 1.46. The van der Waals surface area contributed by atoms with Gasteiger partial charge in [0.2, 0.25) is 5.58 Å². The van der Waals surface area contributed by atoms with Crippen LogP contribution in [0.4, 0.5) is 0 Å². The van der Waals surface area contributed by atoms with Crippen LogP contribution < -0.4 is 4.57 Å². The Morgan fingerprint density at radius 2 is 1.86 bits per heavy atom. The van der Waals surface area contributed by atoms with Gasteiger partial charge < -0.3 is 8.97 Å². The quantitative estimate of drug-likeness (QED) is 0.213.